The maximum atomic E-state index is 12.3. The summed E-state index contributed by atoms with van der Waals surface area (Å²) >= 11 is 0. The summed E-state index contributed by atoms with van der Waals surface area (Å²) < 4.78 is 0. The van der Waals surface area contributed by atoms with Crippen molar-refractivity contribution in [3.05, 3.63) is 59.9 Å². The van der Waals surface area contributed by atoms with Crippen LogP contribution in [0.2, 0.25) is 0 Å². The molecule has 2 aliphatic rings. The van der Waals surface area contributed by atoms with Crippen LogP contribution in [0.5, 0.6) is 0 Å². The van der Waals surface area contributed by atoms with E-state index in [1.165, 1.54) is 11.9 Å². The molecule has 1 N–H and O–H groups in total. The average molecular weight is 407 g/mol. The first-order valence-corrected chi connectivity index (χ1v) is 10.2. The van der Waals surface area contributed by atoms with Crippen LogP contribution in [0.25, 0.3) is 0 Å². The standard InChI is InChI=1S/C22H25N5O3/c28-19(8-11-27-21(29)18-7-4-9-24-20(18)22(27)30)23-10-12-25-13-15-26(16-14-25)17-5-2-1-3-6-17/h1-7,9H,8,10-16H2,(H,23,28). The Morgan fingerprint density at radius 1 is 0.933 bits per heavy atom. The van der Waals surface area contributed by atoms with E-state index in [1.807, 2.05) is 6.07 Å². The minimum absolute atomic E-state index is 0.0651. The fourth-order valence-electron chi connectivity index (χ4n) is 3.84. The normalized spacial score (nSPS) is 16.7. The molecule has 8 nitrogen and oxygen atoms in total. The van der Waals surface area contributed by atoms with Crippen molar-refractivity contribution in [3.63, 3.8) is 0 Å². The van der Waals surface area contributed by atoms with Crippen LogP contribution in [0.1, 0.15) is 27.3 Å². The zero-order valence-electron chi connectivity index (χ0n) is 16.8. The number of carbonyl (C=O) groups excluding carboxylic acids is 3. The number of hydrogen-bond acceptors (Lipinski definition) is 6. The zero-order chi connectivity index (χ0) is 20.9. The summed E-state index contributed by atoms with van der Waals surface area (Å²) in [5.74, 6) is -0.977. The number of carbonyl (C=O) groups is 3. The fraction of sp³-hybridized carbons (Fsp3) is 0.364. The third-order valence-electron chi connectivity index (χ3n) is 5.54. The first kappa shape index (κ1) is 20.0. The quantitative estimate of drug-likeness (QED) is 0.690. The Hall–Kier alpha value is -3.26. The largest absolute Gasteiger partial charge is 0.369 e. The highest BCUT2D eigenvalue weighted by atomic mass is 16.2. The molecule has 0 bridgehead atoms. The summed E-state index contributed by atoms with van der Waals surface area (Å²) in [7, 11) is 0. The number of amides is 3. The van der Waals surface area contributed by atoms with Crippen molar-refractivity contribution < 1.29 is 14.4 Å². The number of anilines is 1. The molecule has 4 rings (SSSR count). The molecule has 0 spiro atoms. The zero-order valence-corrected chi connectivity index (χ0v) is 16.8. The number of imide groups is 1. The number of hydrogen-bond donors (Lipinski definition) is 1. The molecule has 2 aliphatic heterocycles. The van der Waals surface area contributed by atoms with Crippen molar-refractivity contribution in [2.45, 2.75) is 6.42 Å². The third kappa shape index (κ3) is 4.33. The van der Waals surface area contributed by atoms with Gasteiger partial charge in [0.1, 0.15) is 5.69 Å². The number of para-hydroxylation sites is 1. The van der Waals surface area contributed by atoms with Gasteiger partial charge in [0.2, 0.25) is 5.91 Å². The van der Waals surface area contributed by atoms with Crippen molar-refractivity contribution in [1.82, 2.24) is 20.1 Å². The van der Waals surface area contributed by atoms with E-state index in [0.717, 1.165) is 37.6 Å². The van der Waals surface area contributed by atoms with Crippen molar-refractivity contribution in [3.8, 4) is 0 Å². The number of pyridine rings is 1. The van der Waals surface area contributed by atoms with Crippen molar-refractivity contribution in [2.75, 3.05) is 50.7 Å². The van der Waals surface area contributed by atoms with Crippen LogP contribution in [-0.4, -0.2) is 78.3 Å². The second-order valence-corrected chi connectivity index (χ2v) is 7.43. The molecule has 1 fully saturated rings. The van der Waals surface area contributed by atoms with Gasteiger partial charge in [0.25, 0.3) is 11.8 Å². The highest BCUT2D eigenvalue weighted by Crippen LogP contribution is 2.20. The smallest absolute Gasteiger partial charge is 0.280 e. The van der Waals surface area contributed by atoms with E-state index in [2.05, 4.69) is 44.4 Å². The molecule has 0 radical (unpaired) electrons. The molecule has 0 saturated carbocycles. The Morgan fingerprint density at radius 3 is 2.43 bits per heavy atom. The molecule has 0 atom stereocenters. The minimum atomic E-state index is -0.431. The summed E-state index contributed by atoms with van der Waals surface area (Å²) in [6, 6.07) is 13.6. The summed E-state index contributed by atoms with van der Waals surface area (Å²) in [4.78, 5) is 46.5. The lowest BCUT2D eigenvalue weighted by Crippen LogP contribution is -2.48. The van der Waals surface area contributed by atoms with Crippen LogP contribution in [0.4, 0.5) is 5.69 Å². The SMILES string of the molecule is O=C(CCN1C(=O)c2cccnc2C1=O)NCCN1CCN(c2ccccc2)CC1. The van der Waals surface area contributed by atoms with Gasteiger partial charge in [-0.05, 0) is 24.3 Å². The first-order valence-electron chi connectivity index (χ1n) is 10.2. The van der Waals surface area contributed by atoms with Gasteiger partial charge in [0.15, 0.2) is 0 Å². The number of nitrogens with one attached hydrogen (secondary N) is 1. The number of benzene rings is 1. The lowest BCUT2D eigenvalue weighted by molar-refractivity contribution is -0.121. The van der Waals surface area contributed by atoms with Gasteiger partial charge in [-0.2, -0.15) is 0 Å². The van der Waals surface area contributed by atoms with E-state index in [1.54, 1.807) is 12.1 Å². The summed E-state index contributed by atoms with van der Waals surface area (Å²) in [6.07, 6.45) is 1.58. The molecule has 3 amide bonds. The molecule has 1 saturated heterocycles. The maximum absolute atomic E-state index is 12.3. The van der Waals surface area contributed by atoms with Gasteiger partial charge in [-0.3, -0.25) is 29.2 Å². The van der Waals surface area contributed by atoms with Crippen LogP contribution in [0, 0.1) is 0 Å². The predicted octanol–water partition coefficient (Wildman–Crippen LogP) is 1.01. The van der Waals surface area contributed by atoms with Gasteiger partial charge >= 0.3 is 0 Å². The molecular formula is C22H25N5O3. The molecule has 2 aromatic rings. The Kier molecular flexibility index (Phi) is 6.04. The second-order valence-electron chi connectivity index (χ2n) is 7.43. The van der Waals surface area contributed by atoms with Gasteiger partial charge in [0, 0.05) is 64.1 Å². The molecule has 1 aromatic carbocycles. The van der Waals surface area contributed by atoms with Gasteiger partial charge < -0.3 is 10.2 Å². The summed E-state index contributed by atoms with van der Waals surface area (Å²) in [5.41, 5.74) is 1.71. The van der Waals surface area contributed by atoms with E-state index < -0.39 is 5.91 Å². The molecule has 8 heteroatoms. The van der Waals surface area contributed by atoms with Gasteiger partial charge in [-0.25, -0.2) is 0 Å². The lowest BCUT2D eigenvalue weighted by atomic mass is 10.2. The van der Waals surface area contributed by atoms with E-state index in [-0.39, 0.29) is 30.5 Å². The number of fused-ring (bicyclic) bond motifs is 1. The van der Waals surface area contributed by atoms with E-state index in [9.17, 15) is 14.4 Å². The minimum Gasteiger partial charge on any atom is -0.369 e. The maximum Gasteiger partial charge on any atom is 0.280 e. The Morgan fingerprint density at radius 2 is 1.70 bits per heavy atom. The average Bonchev–Trinajstić information content (AvgIpc) is 3.03. The third-order valence-corrected chi connectivity index (χ3v) is 5.54. The molecule has 156 valence electrons. The molecule has 0 aliphatic carbocycles. The molecular weight excluding hydrogens is 382 g/mol. The molecule has 30 heavy (non-hydrogen) atoms. The van der Waals surface area contributed by atoms with Gasteiger partial charge in [0.05, 0.1) is 5.56 Å². The highest BCUT2D eigenvalue weighted by molar-refractivity contribution is 6.20. The Bertz CT molecular complexity index is 890. The van der Waals surface area contributed by atoms with Crippen LogP contribution in [0.3, 0.4) is 0 Å². The van der Waals surface area contributed by atoms with Crippen molar-refractivity contribution >= 4 is 23.4 Å². The summed E-state index contributed by atoms with van der Waals surface area (Å²) in [5, 5.41) is 2.89. The molecule has 0 unspecified atom stereocenters. The van der Waals surface area contributed by atoms with E-state index in [0.29, 0.717) is 12.1 Å². The monoisotopic (exact) mass is 407 g/mol. The highest BCUT2D eigenvalue weighted by Gasteiger charge is 2.36. The van der Waals surface area contributed by atoms with Gasteiger partial charge in [-0.1, -0.05) is 18.2 Å². The van der Waals surface area contributed by atoms with Crippen LogP contribution in [-0.2, 0) is 4.79 Å². The molecule has 1 aromatic heterocycles. The lowest BCUT2D eigenvalue weighted by Gasteiger charge is -2.36. The van der Waals surface area contributed by atoms with E-state index in [4.69, 9.17) is 0 Å². The van der Waals surface area contributed by atoms with Crippen LogP contribution in [0.15, 0.2) is 48.7 Å². The molecule has 3 heterocycles. The van der Waals surface area contributed by atoms with Crippen LogP contribution < -0.4 is 10.2 Å². The van der Waals surface area contributed by atoms with Crippen LogP contribution >= 0.6 is 0 Å². The number of rotatable bonds is 7. The van der Waals surface area contributed by atoms with Crippen molar-refractivity contribution in [2.24, 2.45) is 0 Å². The van der Waals surface area contributed by atoms with E-state index >= 15 is 0 Å². The fourth-order valence-corrected chi connectivity index (χ4v) is 3.84. The number of piperazine rings is 1. The predicted molar refractivity (Wildman–Crippen MR) is 112 cm³/mol. The number of aromatic nitrogens is 1. The summed E-state index contributed by atoms with van der Waals surface area (Å²) in [6.45, 7) is 5.23. The first-order chi connectivity index (χ1) is 14.6. The number of nitrogens with zero attached hydrogens (tertiary/aromatic N) is 4. The topological polar surface area (TPSA) is 85.8 Å². The van der Waals surface area contributed by atoms with Crippen molar-refractivity contribution in [1.29, 1.82) is 0 Å². The second kappa shape index (κ2) is 9.04. The Balaban J connectivity index is 1.15. The Labute approximate surface area is 175 Å². The van der Waals surface area contributed by atoms with Gasteiger partial charge in [-0.15, -0.1) is 0 Å².